The van der Waals surface area contributed by atoms with E-state index in [2.05, 4.69) is 15.3 Å². The van der Waals surface area contributed by atoms with Crippen molar-refractivity contribution in [2.45, 2.75) is 6.61 Å². The maximum absolute atomic E-state index is 12.2. The van der Waals surface area contributed by atoms with E-state index in [1.165, 1.54) is 13.3 Å². The summed E-state index contributed by atoms with van der Waals surface area (Å²) in [5, 5.41) is 4.61. The second-order valence-corrected chi connectivity index (χ2v) is 6.69. The van der Waals surface area contributed by atoms with Gasteiger partial charge in [0.25, 0.3) is 5.91 Å². The van der Waals surface area contributed by atoms with Crippen LogP contribution in [0.2, 0.25) is 5.02 Å². The van der Waals surface area contributed by atoms with Crippen LogP contribution in [0.15, 0.2) is 77.9 Å². The van der Waals surface area contributed by atoms with E-state index in [9.17, 15) is 9.59 Å². The Bertz CT molecular complexity index is 1030. The van der Waals surface area contributed by atoms with Crippen LogP contribution in [0.1, 0.15) is 31.8 Å². The van der Waals surface area contributed by atoms with Crippen molar-refractivity contribution in [1.82, 2.24) is 5.43 Å². The number of rotatable bonds is 7. The number of nitrogens with one attached hydrogen (secondary N) is 1. The molecule has 30 heavy (non-hydrogen) atoms. The molecule has 3 rings (SSSR count). The zero-order valence-corrected chi connectivity index (χ0v) is 16.9. The van der Waals surface area contributed by atoms with Gasteiger partial charge in [0.1, 0.15) is 12.4 Å². The third-order valence-electron chi connectivity index (χ3n) is 4.15. The average molecular weight is 423 g/mol. The number of esters is 1. The van der Waals surface area contributed by atoms with Gasteiger partial charge in [-0.25, -0.2) is 10.2 Å². The van der Waals surface area contributed by atoms with Crippen molar-refractivity contribution in [3.8, 4) is 5.75 Å². The van der Waals surface area contributed by atoms with Crippen LogP contribution in [0, 0.1) is 0 Å². The molecular weight excluding hydrogens is 404 g/mol. The lowest BCUT2D eigenvalue weighted by Crippen LogP contribution is -2.17. The molecular formula is C23H19ClN2O4. The normalized spacial score (nSPS) is 10.6. The Balaban J connectivity index is 1.51. The molecule has 0 heterocycles. The van der Waals surface area contributed by atoms with Crippen molar-refractivity contribution >= 4 is 29.7 Å². The van der Waals surface area contributed by atoms with Gasteiger partial charge in [0, 0.05) is 10.6 Å². The van der Waals surface area contributed by atoms with Gasteiger partial charge in [-0.15, -0.1) is 0 Å². The van der Waals surface area contributed by atoms with E-state index < -0.39 is 5.97 Å². The lowest BCUT2D eigenvalue weighted by molar-refractivity contribution is 0.0600. The number of hydrogen-bond acceptors (Lipinski definition) is 5. The molecule has 3 aromatic rings. The maximum Gasteiger partial charge on any atom is 0.337 e. The van der Waals surface area contributed by atoms with Crippen molar-refractivity contribution in [3.63, 3.8) is 0 Å². The quantitative estimate of drug-likeness (QED) is 0.346. The molecule has 6 nitrogen and oxygen atoms in total. The molecule has 152 valence electrons. The number of methoxy groups -OCH3 is 1. The SMILES string of the molecule is COC(=O)c1ccc(C=NNC(=O)c2ccc(OCc3ccc(Cl)cc3)cc2)cc1. The number of nitrogens with zero attached hydrogens (tertiary/aromatic N) is 1. The summed E-state index contributed by atoms with van der Waals surface area (Å²) in [6.07, 6.45) is 1.49. The van der Waals surface area contributed by atoms with Crippen LogP contribution in [0.25, 0.3) is 0 Å². The largest absolute Gasteiger partial charge is 0.489 e. The molecule has 0 aliphatic heterocycles. The molecule has 1 amide bonds. The van der Waals surface area contributed by atoms with Crippen molar-refractivity contribution in [3.05, 3.63) is 100 Å². The van der Waals surface area contributed by atoms with Crippen LogP contribution in [-0.4, -0.2) is 25.2 Å². The number of hydrogen-bond donors (Lipinski definition) is 1. The van der Waals surface area contributed by atoms with Gasteiger partial charge >= 0.3 is 5.97 Å². The first-order valence-electron chi connectivity index (χ1n) is 9.04. The topological polar surface area (TPSA) is 77.0 Å². The number of halogens is 1. The van der Waals surface area contributed by atoms with Gasteiger partial charge < -0.3 is 9.47 Å². The molecule has 0 aliphatic carbocycles. The Morgan fingerprint density at radius 3 is 2.20 bits per heavy atom. The Hall–Kier alpha value is -3.64. The fourth-order valence-electron chi connectivity index (χ4n) is 2.50. The van der Waals surface area contributed by atoms with Crippen LogP contribution in [0.4, 0.5) is 0 Å². The predicted octanol–water partition coefficient (Wildman–Crippen LogP) is 4.47. The third kappa shape index (κ3) is 5.93. The zero-order chi connectivity index (χ0) is 21.3. The van der Waals surface area contributed by atoms with Crippen LogP contribution < -0.4 is 10.2 Å². The summed E-state index contributed by atoms with van der Waals surface area (Å²) in [6.45, 7) is 0.405. The molecule has 3 aromatic carbocycles. The summed E-state index contributed by atoms with van der Waals surface area (Å²) in [6, 6.07) is 20.8. The number of carbonyl (C=O) groups is 2. The van der Waals surface area contributed by atoms with E-state index in [0.717, 1.165) is 11.1 Å². The van der Waals surface area contributed by atoms with E-state index in [1.807, 2.05) is 24.3 Å². The molecule has 1 N–H and O–H groups in total. The second-order valence-electron chi connectivity index (χ2n) is 6.25. The van der Waals surface area contributed by atoms with Crippen molar-refractivity contribution in [2.24, 2.45) is 5.10 Å². The first kappa shape index (κ1) is 21.1. The minimum atomic E-state index is -0.410. The minimum Gasteiger partial charge on any atom is -0.489 e. The molecule has 0 bridgehead atoms. The molecule has 0 unspecified atom stereocenters. The van der Waals surface area contributed by atoms with Crippen LogP contribution >= 0.6 is 11.6 Å². The van der Waals surface area contributed by atoms with E-state index in [-0.39, 0.29) is 5.91 Å². The molecule has 0 radical (unpaired) electrons. The number of amides is 1. The summed E-state index contributed by atoms with van der Waals surface area (Å²) in [7, 11) is 1.32. The highest BCUT2D eigenvalue weighted by Gasteiger charge is 2.06. The smallest absolute Gasteiger partial charge is 0.337 e. The van der Waals surface area contributed by atoms with E-state index in [4.69, 9.17) is 16.3 Å². The van der Waals surface area contributed by atoms with Gasteiger partial charge in [0.15, 0.2) is 0 Å². The zero-order valence-electron chi connectivity index (χ0n) is 16.2. The van der Waals surface area contributed by atoms with Crippen LogP contribution in [0.3, 0.4) is 0 Å². The molecule has 0 saturated heterocycles. The summed E-state index contributed by atoms with van der Waals surface area (Å²) < 4.78 is 10.3. The van der Waals surface area contributed by atoms with Crippen LogP contribution in [0.5, 0.6) is 5.75 Å². The highest BCUT2D eigenvalue weighted by atomic mass is 35.5. The minimum absolute atomic E-state index is 0.346. The Morgan fingerprint density at radius 1 is 0.933 bits per heavy atom. The van der Waals surface area contributed by atoms with Gasteiger partial charge in [-0.2, -0.15) is 5.10 Å². The second kappa shape index (κ2) is 10.2. The fourth-order valence-corrected chi connectivity index (χ4v) is 2.63. The standard InChI is InChI=1S/C23H19ClN2O4/c1-29-23(28)19-6-2-16(3-7-19)14-25-26-22(27)18-8-12-21(13-9-18)30-15-17-4-10-20(24)11-5-17/h2-14H,15H2,1H3,(H,26,27). The molecule has 0 atom stereocenters. The summed E-state index contributed by atoms with van der Waals surface area (Å²) in [5.41, 5.74) is 5.08. The summed E-state index contributed by atoms with van der Waals surface area (Å²) >= 11 is 5.86. The van der Waals surface area contributed by atoms with Gasteiger partial charge in [0.2, 0.25) is 0 Å². The number of ether oxygens (including phenoxy) is 2. The van der Waals surface area contributed by atoms with E-state index in [0.29, 0.717) is 28.5 Å². The maximum atomic E-state index is 12.2. The van der Waals surface area contributed by atoms with Crippen molar-refractivity contribution < 1.29 is 19.1 Å². The van der Waals surface area contributed by atoms with Crippen molar-refractivity contribution in [2.75, 3.05) is 7.11 Å². The molecule has 0 aromatic heterocycles. The number of carbonyl (C=O) groups excluding carboxylic acids is 2. The third-order valence-corrected chi connectivity index (χ3v) is 4.40. The average Bonchev–Trinajstić information content (AvgIpc) is 2.79. The van der Waals surface area contributed by atoms with Gasteiger partial charge in [0.05, 0.1) is 18.9 Å². The lowest BCUT2D eigenvalue weighted by Gasteiger charge is -2.07. The monoisotopic (exact) mass is 422 g/mol. The number of benzene rings is 3. The number of hydrazone groups is 1. The fraction of sp³-hybridized carbons (Fsp3) is 0.0870. The molecule has 0 spiro atoms. The Kier molecular flexibility index (Phi) is 7.19. The lowest BCUT2D eigenvalue weighted by atomic mass is 10.1. The first-order chi connectivity index (χ1) is 14.5. The van der Waals surface area contributed by atoms with Gasteiger partial charge in [-0.05, 0) is 59.7 Å². The summed E-state index contributed by atoms with van der Waals surface area (Å²) in [5.74, 6) is -0.107. The van der Waals surface area contributed by atoms with Crippen molar-refractivity contribution in [1.29, 1.82) is 0 Å². The summed E-state index contributed by atoms with van der Waals surface area (Å²) in [4.78, 5) is 23.6. The molecule has 0 aliphatic rings. The molecule has 0 fully saturated rings. The first-order valence-corrected chi connectivity index (χ1v) is 9.42. The molecule has 7 heteroatoms. The highest BCUT2D eigenvalue weighted by molar-refractivity contribution is 6.30. The van der Waals surface area contributed by atoms with Crippen LogP contribution in [-0.2, 0) is 11.3 Å². The Labute approximate surface area is 179 Å². The van der Waals surface area contributed by atoms with Gasteiger partial charge in [-0.3, -0.25) is 4.79 Å². The highest BCUT2D eigenvalue weighted by Crippen LogP contribution is 2.16. The van der Waals surface area contributed by atoms with E-state index >= 15 is 0 Å². The predicted molar refractivity (Wildman–Crippen MR) is 115 cm³/mol. The molecule has 0 saturated carbocycles. The Morgan fingerprint density at radius 2 is 1.57 bits per heavy atom. The van der Waals surface area contributed by atoms with Gasteiger partial charge in [-0.1, -0.05) is 35.9 Å². The van der Waals surface area contributed by atoms with E-state index in [1.54, 1.807) is 48.5 Å².